The van der Waals surface area contributed by atoms with Crippen LogP contribution in [0.15, 0.2) is 33.8 Å². The van der Waals surface area contributed by atoms with E-state index in [0.717, 1.165) is 11.3 Å². The van der Waals surface area contributed by atoms with Gasteiger partial charge in [0.15, 0.2) is 11.5 Å². The third-order valence-electron chi connectivity index (χ3n) is 5.03. The number of hydrogen-bond acceptors (Lipinski definition) is 6. The van der Waals surface area contributed by atoms with E-state index in [1.165, 1.54) is 0 Å². The second-order valence-corrected chi connectivity index (χ2v) is 7.87. The second-order valence-electron chi connectivity index (χ2n) is 7.49. The van der Waals surface area contributed by atoms with Crippen LogP contribution in [-0.4, -0.2) is 25.7 Å². The van der Waals surface area contributed by atoms with Crippen LogP contribution in [0.5, 0.6) is 11.5 Å². The molecular weight excluding hydrogens is 348 g/mol. The van der Waals surface area contributed by atoms with E-state index >= 15 is 0 Å². The molecule has 1 fully saturated rings. The van der Waals surface area contributed by atoms with Crippen LogP contribution in [0.1, 0.15) is 38.2 Å². The number of allylic oxidation sites excluding steroid dienone is 1. The number of hydrogen-bond donors (Lipinski definition) is 0. The standard InChI is InChI=1S/C20H22N2O3S/c1-20(2)8-13-18(14(23)9-20)17(12(10-21)19(26)22-13)11-5-6-15(24-3)16(7-11)25-4/h5-7,17-18,26H,8-9H2,1-4H3/p-1/t17-,18?/m0/s1. The average Bonchev–Trinajstić information content (AvgIpc) is 2.58. The van der Waals surface area contributed by atoms with Gasteiger partial charge in [0.2, 0.25) is 0 Å². The van der Waals surface area contributed by atoms with Crippen molar-refractivity contribution in [2.24, 2.45) is 16.3 Å². The SMILES string of the molecule is COc1ccc([C@H]2C(C#N)=C([S-])N=C3CC(C)(C)CC(=O)C32)cc1OC. The van der Waals surface area contributed by atoms with Crippen LogP contribution in [-0.2, 0) is 17.4 Å². The van der Waals surface area contributed by atoms with Crippen LogP contribution < -0.4 is 9.47 Å². The first-order chi connectivity index (χ1) is 12.3. The number of carbonyl (C=O) groups excluding carboxylic acids is 1. The van der Waals surface area contributed by atoms with Crippen molar-refractivity contribution in [2.75, 3.05) is 14.2 Å². The monoisotopic (exact) mass is 369 g/mol. The molecule has 1 heterocycles. The van der Waals surface area contributed by atoms with Gasteiger partial charge in [-0.15, -0.1) is 0 Å². The summed E-state index contributed by atoms with van der Waals surface area (Å²) in [6.07, 6.45) is 1.16. The molecule has 0 N–H and O–H groups in total. The summed E-state index contributed by atoms with van der Waals surface area (Å²) in [5, 5.41) is 9.97. The lowest BCUT2D eigenvalue weighted by molar-refractivity contribution is -0.124. The Balaban J connectivity index is 2.15. The number of aliphatic imine (C=N–C) groups is 1. The molecule has 6 heteroatoms. The zero-order valence-corrected chi connectivity index (χ0v) is 16.1. The molecule has 1 aromatic rings. The van der Waals surface area contributed by atoms with Gasteiger partial charge >= 0.3 is 0 Å². The van der Waals surface area contributed by atoms with Gasteiger partial charge in [-0.2, -0.15) is 5.26 Å². The number of ketones is 1. The number of nitriles is 1. The summed E-state index contributed by atoms with van der Waals surface area (Å²) < 4.78 is 10.7. The lowest BCUT2D eigenvalue weighted by Gasteiger charge is -2.41. The molecule has 26 heavy (non-hydrogen) atoms. The molecule has 0 radical (unpaired) electrons. The van der Waals surface area contributed by atoms with E-state index in [2.05, 4.69) is 24.9 Å². The first-order valence-electron chi connectivity index (χ1n) is 8.44. The van der Waals surface area contributed by atoms with Crippen molar-refractivity contribution < 1.29 is 14.3 Å². The minimum Gasteiger partial charge on any atom is -0.759 e. The molecule has 1 saturated carbocycles. The maximum Gasteiger partial charge on any atom is 0.161 e. The van der Waals surface area contributed by atoms with Gasteiger partial charge in [0, 0.05) is 23.6 Å². The molecule has 3 rings (SSSR count). The Hall–Kier alpha value is -2.39. The minimum absolute atomic E-state index is 0.107. The van der Waals surface area contributed by atoms with Crippen LogP contribution in [0.4, 0.5) is 0 Å². The molecule has 2 atom stereocenters. The average molecular weight is 369 g/mol. The smallest absolute Gasteiger partial charge is 0.161 e. The quantitative estimate of drug-likeness (QED) is 0.762. The first-order valence-corrected chi connectivity index (χ1v) is 8.85. The fourth-order valence-corrected chi connectivity index (χ4v) is 4.22. The number of rotatable bonds is 3. The van der Waals surface area contributed by atoms with Crippen molar-refractivity contribution in [3.63, 3.8) is 0 Å². The number of Topliss-reactive ketones (excluding diaryl/α,β-unsaturated/α-hetero) is 1. The third kappa shape index (κ3) is 3.08. The number of carbonyl (C=O) groups is 1. The highest BCUT2D eigenvalue weighted by Gasteiger charge is 2.45. The molecule has 0 amide bonds. The Bertz CT molecular complexity index is 864. The van der Waals surface area contributed by atoms with Crippen molar-refractivity contribution in [1.29, 1.82) is 5.26 Å². The fraction of sp³-hybridized carbons (Fsp3) is 0.450. The van der Waals surface area contributed by atoms with Crippen LogP contribution in [0.3, 0.4) is 0 Å². The minimum atomic E-state index is -0.442. The van der Waals surface area contributed by atoms with Crippen molar-refractivity contribution in [3.8, 4) is 17.6 Å². The Morgan fingerprint density at radius 3 is 2.50 bits per heavy atom. The van der Waals surface area contributed by atoms with Gasteiger partial charge in [0.25, 0.3) is 0 Å². The highest BCUT2D eigenvalue weighted by Crippen LogP contribution is 2.47. The van der Waals surface area contributed by atoms with E-state index < -0.39 is 11.8 Å². The van der Waals surface area contributed by atoms with Gasteiger partial charge in [-0.25, -0.2) is 0 Å². The van der Waals surface area contributed by atoms with Crippen molar-refractivity contribution >= 4 is 24.1 Å². The summed E-state index contributed by atoms with van der Waals surface area (Å²) in [4.78, 5) is 17.4. The molecule has 0 bridgehead atoms. The van der Waals surface area contributed by atoms with E-state index in [1.54, 1.807) is 20.3 Å². The van der Waals surface area contributed by atoms with Gasteiger partial charge in [0.05, 0.1) is 26.2 Å². The van der Waals surface area contributed by atoms with Crippen LogP contribution in [0.2, 0.25) is 0 Å². The molecule has 1 aliphatic carbocycles. The topological polar surface area (TPSA) is 71.7 Å². The summed E-state index contributed by atoms with van der Waals surface area (Å²) in [7, 11) is 3.13. The van der Waals surface area contributed by atoms with Crippen LogP contribution in [0, 0.1) is 22.7 Å². The zero-order valence-electron chi connectivity index (χ0n) is 15.3. The highest BCUT2D eigenvalue weighted by atomic mass is 32.1. The maximum absolute atomic E-state index is 13.0. The lowest BCUT2D eigenvalue weighted by atomic mass is 9.64. The highest BCUT2D eigenvalue weighted by molar-refractivity contribution is 7.63. The van der Waals surface area contributed by atoms with Crippen LogP contribution in [0.25, 0.3) is 0 Å². The van der Waals surface area contributed by atoms with Crippen molar-refractivity contribution in [3.05, 3.63) is 34.4 Å². The number of nitrogens with zero attached hydrogens (tertiary/aromatic N) is 2. The van der Waals surface area contributed by atoms with E-state index in [9.17, 15) is 10.1 Å². The third-order valence-corrected chi connectivity index (χ3v) is 5.34. The lowest BCUT2D eigenvalue weighted by Crippen LogP contribution is -2.42. The molecule has 0 saturated heterocycles. The molecule has 0 spiro atoms. The fourth-order valence-electron chi connectivity index (χ4n) is 3.93. The van der Waals surface area contributed by atoms with Crippen molar-refractivity contribution in [1.82, 2.24) is 0 Å². The van der Waals surface area contributed by atoms with E-state index in [4.69, 9.17) is 22.1 Å². The largest absolute Gasteiger partial charge is 0.759 e. The van der Waals surface area contributed by atoms with Gasteiger partial charge in [-0.05, 0) is 29.5 Å². The summed E-state index contributed by atoms with van der Waals surface area (Å²) in [5.74, 6) is 0.389. The van der Waals surface area contributed by atoms with E-state index in [-0.39, 0.29) is 16.2 Å². The van der Waals surface area contributed by atoms with E-state index in [0.29, 0.717) is 29.9 Å². The summed E-state index contributed by atoms with van der Waals surface area (Å²) in [5.41, 5.74) is 1.82. The Morgan fingerprint density at radius 1 is 1.19 bits per heavy atom. The molecule has 0 aromatic heterocycles. The Morgan fingerprint density at radius 2 is 1.88 bits per heavy atom. The van der Waals surface area contributed by atoms with Crippen LogP contribution >= 0.6 is 0 Å². The number of methoxy groups -OCH3 is 2. The molecule has 1 aliphatic heterocycles. The molecular formula is C20H21N2O3S-. The van der Waals surface area contributed by atoms with Gasteiger partial charge < -0.3 is 22.1 Å². The predicted octanol–water partition coefficient (Wildman–Crippen LogP) is 3.53. The molecule has 1 aromatic carbocycles. The molecule has 5 nitrogen and oxygen atoms in total. The summed E-state index contributed by atoms with van der Waals surface area (Å²) in [6.45, 7) is 4.11. The number of fused-ring (bicyclic) bond motifs is 1. The van der Waals surface area contributed by atoms with E-state index in [1.807, 2.05) is 12.1 Å². The molecule has 2 aliphatic rings. The Kier molecular flexibility index (Phi) is 4.76. The summed E-state index contributed by atoms with van der Waals surface area (Å²) in [6, 6.07) is 7.66. The summed E-state index contributed by atoms with van der Waals surface area (Å²) >= 11 is 5.38. The van der Waals surface area contributed by atoms with Gasteiger partial charge in [-0.3, -0.25) is 9.79 Å². The zero-order chi connectivity index (χ0) is 19.1. The molecule has 136 valence electrons. The van der Waals surface area contributed by atoms with Gasteiger partial charge in [-0.1, -0.05) is 24.9 Å². The predicted molar refractivity (Wildman–Crippen MR) is 101 cm³/mol. The maximum atomic E-state index is 13.0. The normalized spacial score (nSPS) is 24.4. The first kappa shape index (κ1) is 18.4. The molecule has 1 unspecified atom stereocenters. The second kappa shape index (κ2) is 6.73. The van der Waals surface area contributed by atoms with Crippen molar-refractivity contribution in [2.45, 2.75) is 32.6 Å². The number of ether oxygens (including phenoxy) is 2. The Labute approximate surface area is 159 Å². The number of benzene rings is 1. The van der Waals surface area contributed by atoms with Gasteiger partial charge in [0.1, 0.15) is 5.78 Å².